The maximum absolute atomic E-state index is 5.93. The highest BCUT2D eigenvalue weighted by Gasteiger charge is 2.34. The van der Waals surface area contributed by atoms with E-state index in [4.69, 9.17) is 9.47 Å². The van der Waals surface area contributed by atoms with E-state index in [1.165, 1.54) is 12.8 Å². The lowest BCUT2D eigenvalue weighted by Crippen LogP contribution is -2.42. The highest BCUT2D eigenvalue weighted by atomic mass is 16.5. The standard InChI is InChI=1S/C13H19N3O2/c1-2-17-12-7-14-8-13(16-12)18-11-5-9-3-4-10(6-11)15-9/h7-11,15H,2-6H2,1H3. The van der Waals surface area contributed by atoms with Crippen LogP contribution in [0.2, 0.25) is 0 Å². The first-order valence-electron chi connectivity index (χ1n) is 6.71. The molecule has 0 amide bonds. The van der Waals surface area contributed by atoms with Crippen molar-refractivity contribution in [3.63, 3.8) is 0 Å². The molecule has 0 aliphatic carbocycles. The largest absolute Gasteiger partial charge is 0.477 e. The quantitative estimate of drug-likeness (QED) is 0.877. The highest BCUT2D eigenvalue weighted by Crippen LogP contribution is 2.29. The average molecular weight is 249 g/mol. The van der Waals surface area contributed by atoms with Gasteiger partial charge in [0.2, 0.25) is 11.8 Å². The fraction of sp³-hybridized carbons (Fsp3) is 0.692. The molecule has 2 atom stereocenters. The van der Waals surface area contributed by atoms with Gasteiger partial charge in [-0.15, -0.1) is 0 Å². The summed E-state index contributed by atoms with van der Waals surface area (Å²) in [5, 5.41) is 3.60. The number of rotatable bonds is 4. The molecule has 2 aliphatic rings. The number of hydrogen-bond donors (Lipinski definition) is 1. The van der Waals surface area contributed by atoms with Gasteiger partial charge < -0.3 is 14.8 Å². The van der Waals surface area contributed by atoms with Gasteiger partial charge in [0.1, 0.15) is 6.10 Å². The van der Waals surface area contributed by atoms with Gasteiger partial charge in [-0.1, -0.05) is 0 Å². The zero-order valence-electron chi connectivity index (χ0n) is 10.6. The lowest BCUT2D eigenvalue weighted by atomic mass is 10.0. The van der Waals surface area contributed by atoms with E-state index in [0.29, 0.717) is 30.5 Å². The minimum absolute atomic E-state index is 0.259. The molecule has 18 heavy (non-hydrogen) atoms. The van der Waals surface area contributed by atoms with Crippen LogP contribution in [-0.4, -0.2) is 34.8 Å². The topological polar surface area (TPSA) is 56.3 Å². The van der Waals surface area contributed by atoms with Gasteiger partial charge in [0.25, 0.3) is 0 Å². The molecule has 3 rings (SSSR count). The summed E-state index contributed by atoms with van der Waals surface area (Å²) in [6, 6.07) is 1.24. The monoisotopic (exact) mass is 249 g/mol. The fourth-order valence-corrected chi connectivity index (χ4v) is 2.88. The zero-order valence-corrected chi connectivity index (χ0v) is 10.6. The van der Waals surface area contributed by atoms with Crippen LogP contribution in [0.25, 0.3) is 0 Å². The predicted molar refractivity (Wildman–Crippen MR) is 66.8 cm³/mol. The Bertz CT molecular complexity index is 401. The Morgan fingerprint density at radius 3 is 2.67 bits per heavy atom. The molecule has 1 aromatic rings. The van der Waals surface area contributed by atoms with Gasteiger partial charge >= 0.3 is 0 Å². The molecule has 5 heteroatoms. The summed E-state index contributed by atoms with van der Waals surface area (Å²) in [4.78, 5) is 8.39. The summed E-state index contributed by atoms with van der Waals surface area (Å²) in [6.07, 6.45) is 8.21. The van der Waals surface area contributed by atoms with Gasteiger partial charge in [0, 0.05) is 12.1 Å². The molecular weight excluding hydrogens is 230 g/mol. The summed E-state index contributed by atoms with van der Waals surface area (Å²) in [5.41, 5.74) is 0. The Morgan fingerprint density at radius 2 is 1.94 bits per heavy atom. The van der Waals surface area contributed by atoms with Gasteiger partial charge in [-0.3, -0.25) is 4.98 Å². The van der Waals surface area contributed by atoms with Crippen molar-refractivity contribution in [3.8, 4) is 11.8 Å². The molecule has 2 bridgehead atoms. The van der Waals surface area contributed by atoms with Crippen molar-refractivity contribution in [2.24, 2.45) is 0 Å². The molecule has 98 valence electrons. The van der Waals surface area contributed by atoms with Crippen LogP contribution in [0.4, 0.5) is 0 Å². The minimum atomic E-state index is 0.259. The number of fused-ring (bicyclic) bond motifs is 2. The Labute approximate surface area is 107 Å². The highest BCUT2D eigenvalue weighted by molar-refractivity contribution is 5.13. The van der Waals surface area contributed by atoms with E-state index in [1.54, 1.807) is 12.4 Å². The number of piperidine rings is 1. The Morgan fingerprint density at radius 1 is 1.22 bits per heavy atom. The number of aromatic nitrogens is 2. The first kappa shape index (κ1) is 11.7. The normalized spacial score (nSPS) is 30.2. The van der Waals surface area contributed by atoms with Crippen LogP contribution in [0.3, 0.4) is 0 Å². The van der Waals surface area contributed by atoms with Gasteiger partial charge in [0.15, 0.2) is 0 Å². The van der Waals surface area contributed by atoms with Crippen LogP contribution in [-0.2, 0) is 0 Å². The van der Waals surface area contributed by atoms with E-state index in [1.807, 2.05) is 6.92 Å². The molecule has 0 radical (unpaired) electrons. The molecule has 3 heterocycles. The second-order valence-corrected chi connectivity index (χ2v) is 4.98. The third-order valence-electron chi connectivity index (χ3n) is 3.60. The first-order valence-corrected chi connectivity index (χ1v) is 6.71. The van der Waals surface area contributed by atoms with Crippen molar-refractivity contribution in [3.05, 3.63) is 12.4 Å². The van der Waals surface area contributed by atoms with E-state index in [2.05, 4.69) is 15.3 Å². The van der Waals surface area contributed by atoms with Crippen molar-refractivity contribution in [2.75, 3.05) is 6.61 Å². The van der Waals surface area contributed by atoms with E-state index in [9.17, 15) is 0 Å². The first-order chi connectivity index (χ1) is 8.83. The lowest BCUT2D eigenvalue weighted by Gasteiger charge is -2.29. The van der Waals surface area contributed by atoms with E-state index in [-0.39, 0.29) is 6.10 Å². The van der Waals surface area contributed by atoms with Gasteiger partial charge in [-0.2, -0.15) is 4.98 Å². The van der Waals surface area contributed by atoms with Crippen molar-refractivity contribution in [1.29, 1.82) is 0 Å². The van der Waals surface area contributed by atoms with Crippen LogP contribution in [0, 0.1) is 0 Å². The fourth-order valence-electron chi connectivity index (χ4n) is 2.88. The summed E-state index contributed by atoms with van der Waals surface area (Å²) >= 11 is 0. The maximum atomic E-state index is 5.93. The lowest BCUT2D eigenvalue weighted by molar-refractivity contribution is 0.130. The molecule has 0 spiro atoms. The zero-order chi connectivity index (χ0) is 12.4. The Kier molecular flexibility index (Phi) is 3.32. The summed E-state index contributed by atoms with van der Waals surface area (Å²) < 4.78 is 11.3. The number of nitrogens with zero attached hydrogens (tertiary/aromatic N) is 2. The Hall–Kier alpha value is -1.36. The molecule has 1 N–H and O–H groups in total. The number of ether oxygens (including phenoxy) is 2. The van der Waals surface area contributed by atoms with Crippen LogP contribution >= 0.6 is 0 Å². The number of nitrogens with one attached hydrogen (secondary N) is 1. The summed E-state index contributed by atoms with van der Waals surface area (Å²) in [5.74, 6) is 1.11. The predicted octanol–water partition coefficient (Wildman–Crippen LogP) is 1.54. The third-order valence-corrected chi connectivity index (χ3v) is 3.60. The SMILES string of the molecule is CCOc1cncc(OC2CC3CCC(C2)N3)n1. The van der Waals surface area contributed by atoms with Crippen LogP contribution in [0.1, 0.15) is 32.6 Å². The van der Waals surface area contributed by atoms with Gasteiger partial charge in [0.05, 0.1) is 19.0 Å². The molecule has 2 unspecified atom stereocenters. The van der Waals surface area contributed by atoms with Crippen molar-refractivity contribution in [1.82, 2.24) is 15.3 Å². The molecular formula is C13H19N3O2. The molecule has 0 aromatic carbocycles. The maximum Gasteiger partial charge on any atom is 0.235 e. The van der Waals surface area contributed by atoms with Crippen LogP contribution in [0.15, 0.2) is 12.4 Å². The smallest absolute Gasteiger partial charge is 0.235 e. The molecule has 2 fully saturated rings. The van der Waals surface area contributed by atoms with E-state index in [0.717, 1.165) is 12.8 Å². The minimum Gasteiger partial charge on any atom is -0.477 e. The van der Waals surface area contributed by atoms with E-state index >= 15 is 0 Å². The molecule has 0 saturated carbocycles. The Balaban J connectivity index is 1.63. The van der Waals surface area contributed by atoms with Crippen molar-refractivity contribution in [2.45, 2.75) is 50.8 Å². The summed E-state index contributed by atoms with van der Waals surface area (Å²) in [7, 11) is 0. The average Bonchev–Trinajstić information content (AvgIpc) is 2.70. The molecule has 1 aromatic heterocycles. The second-order valence-electron chi connectivity index (χ2n) is 4.98. The van der Waals surface area contributed by atoms with Crippen molar-refractivity contribution >= 4 is 0 Å². The summed E-state index contributed by atoms with van der Waals surface area (Å²) in [6.45, 7) is 2.52. The molecule has 5 nitrogen and oxygen atoms in total. The number of hydrogen-bond acceptors (Lipinski definition) is 5. The van der Waals surface area contributed by atoms with Crippen LogP contribution in [0.5, 0.6) is 11.8 Å². The van der Waals surface area contributed by atoms with E-state index < -0.39 is 0 Å². The van der Waals surface area contributed by atoms with Crippen LogP contribution < -0.4 is 14.8 Å². The second kappa shape index (κ2) is 5.10. The molecule has 2 aliphatic heterocycles. The van der Waals surface area contributed by atoms with Gasteiger partial charge in [-0.25, -0.2) is 0 Å². The third kappa shape index (κ3) is 2.56. The van der Waals surface area contributed by atoms with Gasteiger partial charge in [-0.05, 0) is 32.6 Å². The van der Waals surface area contributed by atoms with Crippen molar-refractivity contribution < 1.29 is 9.47 Å². The molecule has 2 saturated heterocycles.